The quantitative estimate of drug-likeness (QED) is 0.465. The van der Waals surface area contributed by atoms with E-state index in [4.69, 9.17) is 17.5 Å². The van der Waals surface area contributed by atoms with Gasteiger partial charge in [0.25, 0.3) is 0 Å². The fraction of sp³-hybridized carbons (Fsp3) is 0. The first-order valence-electron chi connectivity index (χ1n) is 0.698. The number of hydrogen-bond acceptors (Lipinski definition) is 2. The summed E-state index contributed by atoms with van der Waals surface area (Å²) in [4.78, 5) is 0. The Bertz CT molecular complexity index is 110. The molecule has 0 aromatic rings. The molecule has 0 aliphatic carbocycles. The standard InChI is InChI=1S/Ba.ClH.Mg.H2O4S.4H/c;;;1-5(2,3)4;;;;/h;1H;;(H2,1,2,3,4);;;;/q+2;;+2;;4*-1. The Morgan fingerprint density at radius 1 is 1.25 bits per heavy atom. The fourth-order valence-corrected chi connectivity index (χ4v) is 0. The summed E-state index contributed by atoms with van der Waals surface area (Å²) in [5.41, 5.74) is 0. The zero-order valence-corrected chi connectivity index (χ0v) is 11.4. The van der Waals surface area contributed by atoms with E-state index in [0.29, 0.717) is 0 Å². The van der Waals surface area contributed by atoms with Gasteiger partial charge in [-0.15, -0.1) is 12.4 Å². The van der Waals surface area contributed by atoms with E-state index in [9.17, 15) is 0 Å². The van der Waals surface area contributed by atoms with Crippen LogP contribution in [-0.4, -0.2) is 89.5 Å². The maximum atomic E-state index is 8.74. The zero-order chi connectivity index (χ0) is 4.50. The Hall–Kier alpha value is 2.50. The molecule has 0 bridgehead atoms. The molecular weight excluding hydrogens is 293 g/mol. The normalized spacial score (nSPS) is 7.25. The molecule has 0 atom stereocenters. The van der Waals surface area contributed by atoms with Gasteiger partial charge in [0.15, 0.2) is 0 Å². The Balaban J connectivity index is -0.00000000381. The largest absolute Gasteiger partial charge is 2.00 e. The van der Waals surface area contributed by atoms with Crippen LogP contribution >= 0.6 is 12.4 Å². The molecule has 0 spiro atoms. The minimum atomic E-state index is -4.67. The Morgan fingerprint density at radius 3 is 1.25 bits per heavy atom. The summed E-state index contributed by atoms with van der Waals surface area (Å²) in [6.45, 7) is 0. The second-order valence-electron chi connectivity index (χ2n) is 0.448. The van der Waals surface area contributed by atoms with E-state index in [2.05, 4.69) is 0 Å². The van der Waals surface area contributed by atoms with E-state index in [1.165, 1.54) is 0 Å². The van der Waals surface area contributed by atoms with Crippen molar-refractivity contribution in [3.63, 3.8) is 0 Å². The predicted octanol–water partition coefficient (Wildman–Crippen LogP) is -0.543. The van der Waals surface area contributed by atoms with Crippen molar-refractivity contribution < 1.29 is 23.2 Å². The van der Waals surface area contributed by atoms with Gasteiger partial charge in [-0.3, -0.25) is 9.11 Å². The van der Waals surface area contributed by atoms with E-state index in [0.717, 1.165) is 0 Å². The van der Waals surface area contributed by atoms with Crippen LogP contribution in [0.2, 0.25) is 0 Å². The number of rotatable bonds is 0. The molecule has 4 nitrogen and oxygen atoms in total. The van der Waals surface area contributed by atoms with Crippen LogP contribution in [0, 0.1) is 0 Å². The van der Waals surface area contributed by atoms with E-state index >= 15 is 0 Å². The third-order valence-electron chi connectivity index (χ3n) is 0. The first-order chi connectivity index (χ1) is 2.00. The van der Waals surface area contributed by atoms with Gasteiger partial charge in [-0.05, 0) is 0 Å². The van der Waals surface area contributed by atoms with E-state index in [1.54, 1.807) is 0 Å². The summed E-state index contributed by atoms with van der Waals surface area (Å²) in [6.07, 6.45) is 0. The average Bonchev–Trinajstić information content (AvgIpc) is 0.722. The molecule has 0 heterocycles. The number of halogens is 1. The molecule has 2 N–H and O–H groups in total. The third-order valence-corrected chi connectivity index (χ3v) is 0. The molecule has 8 heavy (non-hydrogen) atoms. The molecule has 0 aromatic heterocycles. The van der Waals surface area contributed by atoms with Gasteiger partial charge < -0.3 is 5.71 Å². The van der Waals surface area contributed by atoms with E-state index in [-0.39, 0.29) is 90.0 Å². The minimum Gasteiger partial charge on any atom is -1.00 e. The van der Waals surface area contributed by atoms with Crippen molar-refractivity contribution in [3.05, 3.63) is 0 Å². The molecule has 0 aliphatic rings. The molecule has 0 saturated heterocycles. The monoisotopic (exact) mass is 300 g/mol. The zero-order valence-electron chi connectivity index (χ0n) is 7.94. The summed E-state index contributed by atoms with van der Waals surface area (Å²) in [7, 11) is -4.67. The molecule has 0 unspecified atom stereocenters. The molecule has 0 aromatic carbocycles. The SMILES string of the molecule is Cl.O=S(=O)(O)O.[Ba+2].[H-].[H-].[H-].[H-].[Mg+2]. The van der Waals surface area contributed by atoms with Crippen LogP contribution in [0.3, 0.4) is 0 Å². The molecule has 48 valence electrons. The molecule has 0 fully saturated rings. The third kappa shape index (κ3) is 76.6. The van der Waals surface area contributed by atoms with Crippen molar-refractivity contribution in [1.29, 1.82) is 0 Å². The van der Waals surface area contributed by atoms with Crippen LogP contribution in [0.25, 0.3) is 0 Å². The van der Waals surface area contributed by atoms with E-state index < -0.39 is 10.4 Å². The fourth-order valence-electron chi connectivity index (χ4n) is 0. The minimum absolute atomic E-state index is 0. The van der Waals surface area contributed by atoms with Crippen LogP contribution < -0.4 is 0 Å². The Morgan fingerprint density at radius 2 is 1.25 bits per heavy atom. The molecule has 0 aliphatic heterocycles. The van der Waals surface area contributed by atoms with Gasteiger partial charge >= 0.3 is 82.3 Å². The molecule has 0 amide bonds. The van der Waals surface area contributed by atoms with Crippen molar-refractivity contribution in [2.45, 2.75) is 0 Å². The van der Waals surface area contributed by atoms with Gasteiger partial charge in [-0.1, -0.05) is 0 Å². The number of hydrogen-bond donors (Lipinski definition) is 2. The predicted molar refractivity (Wildman–Crippen MR) is 37.4 cm³/mol. The van der Waals surface area contributed by atoms with Crippen molar-refractivity contribution in [3.8, 4) is 0 Å². The summed E-state index contributed by atoms with van der Waals surface area (Å²) in [6, 6.07) is 0. The second kappa shape index (κ2) is 9.50. The van der Waals surface area contributed by atoms with Gasteiger partial charge in [0, 0.05) is 0 Å². The van der Waals surface area contributed by atoms with Crippen LogP contribution in [0.1, 0.15) is 5.71 Å². The molecular formula is H7BaClMgO4S. The van der Waals surface area contributed by atoms with Crippen LogP contribution in [0.5, 0.6) is 0 Å². The summed E-state index contributed by atoms with van der Waals surface area (Å²) in [5, 5.41) is 0. The van der Waals surface area contributed by atoms with Gasteiger partial charge in [0.2, 0.25) is 0 Å². The summed E-state index contributed by atoms with van der Waals surface area (Å²) < 4.78 is 31.6. The van der Waals surface area contributed by atoms with Crippen molar-refractivity contribution >= 4 is 94.7 Å². The van der Waals surface area contributed by atoms with Gasteiger partial charge in [-0.2, -0.15) is 8.42 Å². The Labute approximate surface area is 116 Å². The van der Waals surface area contributed by atoms with Crippen LogP contribution in [0.4, 0.5) is 0 Å². The maximum absolute atomic E-state index is 8.74. The van der Waals surface area contributed by atoms with Crippen molar-refractivity contribution in [2.75, 3.05) is 0 Å². The first kappa shape index (κ1) is 22.4. The molecule has 0 radical (unpaired) electrons. The Kier molecular flexibility index (Phi) is 26.6. The van der Waals surface area contributed by atoms with Gasteiger partial charge in [-0.25, -0.2) is 0 Å². The molecule has 0 saturated carbocycles. The average molecular weight is 300 g/mol. The van der Waals surface area contributed by atoms with Gasteiger partial charge in [0.1, 0.15) is 0 Å². The topological polar surface area (TPSA) is 74.6 Å². The van der Waals surface area contributed by atoms with Gasteiger partial charge in [0.05, 0.1) is 0 Å². The van der Waals surface area contributed by atoms with Crippen LogP contribution in [-0.2, 0) is 10.4 Å². The first-order valence-corrected chi connectivity index (χ1v) is 2.10. The molecule has 0 rings (SSSR count). The summed E-state index contributed by atoms with van der Waals surface area (Å²) in [5.74, 6) is 0. The summed E-state index contributed by atoms with van der Waals surface area (Å²) >= 11 is 0. The van der Waals surface area contributed by atoms with Crippen molar-refractivity contribution in [1.82, 2.24) is 0 Å². The molecule has 8 heteroatoms. The second-order valence-corrected chi connectivity index (χ2v) is 1.34. The maximum Gasteiger partial charge on any atom is 2.00 e. The van der Waals surface area contributed by atoms with E-state index in [1.807, 2.05) is 0 Å². The smallest absolute Gasteiger partial charge is 1.00 e. The van der Waals surface area contributed by atoms with Crippen LogP contribution in [0.15, 0.2) is 0 Å². The van der Waals surface area contributed by atoms with Crippen molar-refractivity contribution in [2.24, 2.45) is 0 Å².